The second-order valence-corrected chi connectivity index (χ2v) is 8.25. The summed E-state index contributed by atoms with van der Waals surface area (Å²) >= 11 is 0. The van der Waals surface area contributed by atoms with Gasteiger partial charge in [-0.15, -0.1) is 0 Å². The molecule has 7 N–H and O–H groups in total. The molecule has 0 atom stereocenters. The third kappa shape index (κ3) is 6.21. The van der Waals surface area contributed by atoms with Crippen LogP contribution in [0, 0.1) is 0 Å². The van der Waals surface area contributed by atoms with Gasteiger partial charge in [-0.1, -0.05) is 12.1 Å². The fraction of sp³-hybridized carbons (Fsp3) is 0.280. The summed E-state index contributed by atoms with van der Waals surface area (Å²) in [5, 5.41) is 3.11. The van der Waals surface area contributed by atoms with Crippen LogP contribution in [0.15, 0.2) is 60.8 Å². The molecular weight excluding hydrogens is 418 g/mol. The number of nitrogens with two attached hydrogens (primary N) is 3. The molecule has 33 heavy (non-hydrogen) atoms. The van der Waals surface area contributed by atoms with Crippen molar-refractivity contribution in [3.8, 4) is 23.0 Å². The highest BCUT2D eigenvalue weighted by Crippen LogP contribution is 2.31. The van der Waals surface area contributed by atoms with Gasteiger partial charge in [0.1, 0.15) is 28.8 Å². The Morgan fingerprint density at radius 2 is 1.55 bits per heavy atom. The Bertz CT molecular complexity index is 1080. The molecule has 8 heteroatoms. The molecule has 3 aromatic rings. The molecule has 0 spiro atoms. The number of ether oxygens (including phenoxy) is 2. The number of benzene rings is 2. The minimum atomic E-state index is -0.181. The minimum Gasteiger partial charge on any atom is -0.457 e. The fourth-order valence-corrected chi connectivity index (χ4v) is 3.77. The number of nitrogens with zero attached hydrogens (tertiary/aromatic N) is 1. The molecule has 1 aliphatic rings. The molecule has 0 bridgehead atoms. The lowest BCUT2D eigenvalue weighted by molar-refractivity contribution is 0.0925. The molecule has 1 aliphatic carbocycles. The average molecular weight is 448 g/mol. The number of hydrogen-bond donors (Lipinski definition) is 4. The summed E-state index contributed by atoms with van der Waals surface area (Å²) in [6.07, 6.45) is 5.09. The Balaban J connectivity index is 1.57. The largest absolute Gasteiger partial charge is 0.457 e. The van der Waals surface area contributed by atoms with E-state index < -0.39 is 0 Å². The molecule has 0 radical (unpaired) electrons. The van der Waals surface area contributed by atoms with Crippen LogP contribution in [0.3, 0.4) is 0 Å². The Hall–Kier alpha value is -3.62. The number of pyridine rings is 1. The maximum absolute atomic E-state index is 13.0. The van der Waals surface area contributed by atoms with E-state index in [1.54, 1.807) is 30.3 Å². The van der Waals surface area contributed by atoms with Gasteiger partial charge in [0, 0.05) is 30.3 Å². The zero-order valence-corrected chi connectivity index (χ0v) is 18.4. The van der Waals surface area contributed by atoms with E-state index in [2.05, 4.69) is 10.3 Å². The standard InChI is InChI=1S/C25H29N5O3/c26-14-16-1-7-20(8-2-16)32-22-11-17(25(31)30-19-5-3-18(27)4-6-19)12-23(13-22)33-21-9-10-24(28)29-15-21/h1-2,7-13,15,18-19H,3-6,14,26-27H2,(H2,28,29)(H,30,31). The SMILES string of the molecule is NCc1ccc(Oc2cc(Oc3ccc(N)nc3)cc(C(=O)NC3CCC(N)CC3)c2)cc1. The molecule has 0 unspecified atom stereocenters. The predicted octanol–water partition coefficient (Wildman–Crippen LogP) is 3.71. The van der Waals surface area contributed by atoms with Crippen LogP contribution in [0.1, 0.15) is 41.6 Å². The molecule has 1 amide bonds. The first-order valence-corrected chi connectivity index (χ1v) is 11.1. The number of rotatable bonds is 7. The second-order valence-electron chi connectivity index (χ2n) is 8.25. The number of amides is 1. The summed E-state index contributed by atoms with van der Waals surface area (Å²) in [6.45, 7) is 0.454. The molecule has 1 fully saturated rings. The normalized spacial score (nSPS) is 17.9. The van der Waals surface area contributed by atoms with Crippen molar-refractivity contribution in [1.29, 1.82) is 0 Å². The van der Waals surface area contributed by atoms with Gasteiger partial charge in [-0.2, -0.15) is 0 Å². The van der Waals surface area contributed by atoms with Crippen LogP contribution in [0.2, 0.25) is 0 Å². The van der Waals surface area contributed by atoms with Crippen LogP contribution in [-0.4, -0.2) is 23.0 Å². The zero-order chi connectivity index (χ0) is 23.2. The Kier molecular flexibility index (Phi) is 7.07. The molecule has 2 aromatic carbocycles. The van der Waals surface area contributed by atoms with Gasteiger partial charge in [0.05, 0.1) is 6.20 Å². The van der Waals surface area contributed by atoms with E-state index in [9.17, 15) is 4.79 Å². The van der Waals surface area contributed by atoms with Crippen molar-refractivity contribution < 1.29 is 14.3 Å². The van der Waals surface area contributed by atoms with Crippen molar-refractivity contribution in [3.63, 3.8) is 0 Å². The lowest BCUT2D eigenvalue weighted by Gasteiger charge is -2.26. The van der Waals surface area contributed by atoms with E-state index in [-0.39, 0.29) is 18.0 Å². The first kappa shape index (κ1) is 22.6. The molecule has 0 saturated heterocycles. The van der Waals surface area contributed by atoms with Crippen LogP contribution < -0.4 is 32.0 Å². The van der Waals surface area contributed by atoms with Crippen LogP contribution in [0.25, 0.3) is 0 Å². The summed E-state index contributed by atoms with van der Waals surface area (Å²) in [5.74, 6) is 2.28. The summed E-state index contributed by atoms with van der Waals surface area (Å²) in [6, 6.07) is 16.3. The van der Waals surface area contributed by atoms with Crippen molar-refractivity contribution >= 4 is 11.7 Å². The van der Waals surface area contributed by atoms with Crippen molar-refractivity contribution in [2.75, 3.05) is 5.73 Å². The lowest BCUT2D eigenvalue weighted by atomic mass is 9.91. The van der Waals surface area contributed by atoms with Crippen molar-refractivity contribution in [3.05, 3.63) is 71.9 Å². The number of carbonyl (C=O) groups is 1. The summed E-state index contributed by atoms with van der Waals surface area (Å²) in [5.41, 5.74) is 18.8. The smallest absolute Gasteiger partial charge is 0.251 e. The van der Waals surface area contributed by atoms with Gasteiger partial charge < -0.3 is 32.0 Å². The van der Waals surface area contributed by atoms with Crippen LogP contribution in [0.4, 0.5) is 5.82 Å². The number of anilines is 1. The molecular formula is C25H29N5O3. The molecule has 172 valence electrons. The van der Waals surface area contributed by atoms with Gasteiger partial charge in [-0.25, -0.2) is 4.98 Å². The quantitative estimate of drug-likeness (QED) is 0.433. The highest BCUT2D eigenvalue weighted by atomic mass is 16.5. The number of nitrogens with one attached hydrogen (secondary N) is 1. The minimum absolute atomic E-state index is 0.108. The maximum atomic E-state index is 13.0. The van der Waals surface area contributed by atoms with E-state index in [1.165, 1.54) is 6.20 Å². The topological polar surface area (TPSA) is 139 Å². The zero-order valence-electron chi connectivity index (χ0n) is 18.4. The third-order valence-electron chi connectivity index (χ3n) is 5.64. The van der Waals surface area contributed by atoms with Gasteiger partial charge in [0.15, 0.2) is 0 Å². The average Bonchev–Trinajstić information content (AvgIpc) is 2.82. The van der Waals surface area contributed by atoms with Gasteiger partial charge in [0.2, 0.25) is 0 Å². The van der Waals surface area contributed by atoms with Crippen molar-refractivity contribution in [2.45, 2.75) is 44.3 Å². The molecule has 8 nitrogen and oxygen atoms in total. The Labute approximate surface area is 193 Å². The van der Waals surface area contributed by atoms with Crippen molar-refractivity contribution in [1.82, 2.24) is 10.3 Å². The van der Waals surface area contributed by atoms with E-state index in [0.29, 0.717) is 40.9 Å². The van der Waals surface area contributed by atoms with E-state index >= 15 is 0 Å². The molecule has 0 aliphatic heterocycles. The number of nitrogen functional groups attached to an aromatic ring is 1. The Morgan fingerprint density at radius 3 is 2.15 bits per heavy atom. The van der Waals surface area contributed by atoms with Gasteiger partial charge in [0.25, 0.3) is 5.91 Å². The molecule has 1 saturated carbocycles. The number of carbonyl (C=O) groups excluding carboxylic acids is 1. The highest BCUT2D eigenvalue weighted by molar-refractivity contribution is 5.95. The second kappa shape index (κ2) is 10.3. The first-order valence-electron chi connectivity index (χ1n) is 11.1. The number of hydrogen-bond acceptors (Lipinski definition) is 7. The predicted molar refractivity (Wildman–Crippen MR) is 127 cm³/mol. The number of aromatic nitrogens is 1. The van der Waals surface area contributed by atoms with E-state index in [0.717, 1.165) is 31.2 Å². The van der Waals surface area contributed by atoms with E-state index in [1.807, 2.05) is 24.3 Å². The summed E-state index contributed by atoms with van der Waals surface area (Å²) in [7, 11) is 0. The van der Waals surface area contributed by atoms with Gasteiger partial charge >= 0.3 is 0 Å². The van der Waals surface area contributed by atoms with Crippen LogP contribution in [-0.2, 0) is 6.54 Å². The third-order valence-corrected chi connectivity index (χ3v) is 5.64. The fourth-order valence-electron chi connectivity index (χ4n) is 3.77. The maximum Gasteiger partial charge on any atom is 0.251 e. The highest BCUT2D eigenvalue weighted by Gasteiger charge is 2.21. The molecule has 1 heterocycles. The molecule has 4 rings (SSSR count). The van der Waals surface area contributed by atoms with Crippen LogP contribution >= 0.6 is 0 Å². The lowest BCUT2D eigenvalue weighted by Crippen LogP contribution is -2.40. The van der Waals surface area contributed by atoms with Gasteiger partial charge in [-0.05, 0) is 67.6 Å². The first-order chi connectivity index (χ1) is 16.0. The summed E-state index contributed by atoms with van der Waals surface area (Å²) in [4.78, 5) is 17.1. The Morgan fingerprint density at radius 1 is 0.909 bits per heavy atom. The molecule has 1 aromatic heterocycles. The van der Waals surface area contributed by atoms with Crippen LogP contribution in [0.5, 0.6) is 23.0 Å². The van der Waals surface area contributed by atoms with Gasteiger partial charge in [-0.3, -0.25) is 4.79 Å². The van der Waals surface area contributed by atoms with E-state index in [4.69, 9.17) is 26.7 Å². The van der Waals surface area contributed by atoms with Crippen molar-refractivity contribution in [2.24, 2.45) is 11.5 Å². The summed E-state index contributed by atoms with van der Waals surface area (Å²) < 4.78 is 11.9. The monoisotopic (exact) mass is 447 g/mol.